The smallest absolute Gasteiger partial charge is 0.00174 e. The lowest BCUT2D eigenvalue weighted by molar-refractivity contribution is 0.436. The highest BCUT2D eigenvalue weighted by atomic mass is 32.2. The molecule has 0 aromatic heterocycles. The highest BCUT2D eigenvalue weighted by molar-refractivity contribution is 7.98. The Morgan fingerprint density at radius 3 is 2.81 bits per heavy atom. The normalized spacial score (nSPS) is 20.2. The van der Waals surface area contributed by atoms with Crippen LogP contribution < -0.4 is 5.32 Å². The predicted molar refractivity (Wildman–Crippen MR) is 76.2 cm³/mol. The molecular weight excluding hydrogens is 214 g/mol. The second-order valence-electron chi connectivity index (χ2n) is 4.76. The predicted octanol–water partition coefficient (Wildman–Crippen LogP) is 3.86. The maximum atomic E-state index is 3.61. The first-order valence-electron chi connectivity index (χ1n) is 6.78. The molecule has 1 atom stereocenters. The summed E-state index contributed by atoms with van der Waals surface area (Å²) in [6.45, 7) is 2.45. The molecule has 94 valence electrons. The molecule has 1 aliphatic carbocycles. The number of allylic oxidation sites excluding steroid dienone is 2. The van der Waals surface area contributed by atoms with Gasteiger partial charge >= 0.3 is 0 Å². The molecule has 1 nitrogen and oxygen atoms in total. The summed E-state index contributed by atoms with van der Waals surface area (Å²) in [7, 11) is 0. The average molecular weight is 241 g/mol. The third-order valence-corrected chi connectivity index (χ3v) is 3.96. The number of hydrogen-bond acceptors (Lipinski definition) is 2. The monoisotopic (exact) mass is 241 g/mol. The summed E-state index contributed by atoms with van der Waals surface area (Å²) in [6, 6.07) is 0. The van der Waals surface area contributed by atoms with E-state index < -0.39 is 0 Å². The van der Waals surface area contributed by atoms with Crippen molar-refractivity contribution in [3.63, 3.8) is 0 Å². The number of thioether (sulfide) groups is 1. The summed E-state index contributed by atoms with van der Waals surface area (Å²) in [5.74, 6) is 2.24. The Morgan fingerprint density at radius 1 is 1.19 bits per heavy atom. The molecule has 0 aromatic carbocycles. The number of hydrogen-bond donors (Lipinski definition) is 1. The van der Waals surface area contributed by atoms with Crippen LogP contribution in [0.2, 0.25) is 0 Å². The van der Waals surface area contributed by atoms with Crippen molar-refractivity contribution in [2.75, 3.05) is 25.1 Å². The van der Waals surface area contributed by atoms with Gasteiger partial charge in [-0.1, -0.05) is 25.0 Å². The first kappa shape index (κ1) is 14.1. The molecule has 0 saturated carbocycles. The number of nitrogens with one attached hydrogen (secondary N) is 1. The summed E-state index contributed by atoms with van der Waals surface area (Å²) in [4.78, 5) is 0. The zero-order valence-electron chi connectivity index (χ0n) is 10.7. The van der Waals surface area contributed by atoms with E-state index in [0.717, 1.165) is 5.92 Å². The van der Waals surface area contributed by atoms with Gasteiger partial charge < -0.3 is 5.32 Å². The van der Waals surface area contributed by atoms with Crippen LogP contribution in [0, 0.1) is 5.92 Å². The molecule has 1 N–H and O–H groups in total. The molecular formula is C14H27NS. The van der Waals surface area contributed by atoms with Crippen LogP contribution in [0.25, 0.3) is 0 Å². The Balaban J connectivity index is 1.79. The number of rotatable bonds is 9. The molecule has 1 rings (SSSR count). The molecule has 0 fully saturated rings. The quantitative estimate of drug-likeness (QED) is 0.486. The lowest BCUT2D eigenvalue weighted by Crippen LogP contribution is -2.24. The van der Waals surface area contributed by atoms with Crippen LogP contribution in [-0.2, 0) is 0 Å². The second kappa shape index (κ2) is 10.2. The van der Waals surface area contributed by atoms with Gasteiger partial charge in [0, 0.05) is 0 Å². The van der Waals surface area contributed by atoms with E-state index in [9.17, 15) is 0 Å². The summed E-state index contributed by atoms with van der Waals surface area (Å²) in [5.41, 5.74) is 0. The van der Waals surface area contributed by atoms with Gasteiger partial charge in [0.2, 0.25) is 0 Å². The van der Waals surface area contributed by atoms with Crippen molar-refractivity contribution in [1.29, 1.82) is 0 Å². The Hall–Kier alpha value is 0.0500. The first-order chi connectivity index (χ1) is 7.93. The maximum absolute atomic E-state index is 3.61. The van der Waals surface area contributed by atoms with E-state index in [4.69, 9.17) is 0 Å². The molecule has 0 aromatic rings. The summed E-state index contributed by atoms with van der Waals surface area (Å²) in [6.07, 6.45) is 16.4. The van der Waals surface area contributed by atoms with Crippen LogP contribution in [-0.4, -0.2) is 25.1 Å². The Bertz CT molecular complexity index is 180. The van der Waals surface area contributed by atoms with Crippen LogP contribution in [0.5, 0.6) is 0 Å². The third-order valence-electron chi connectivity index (χ3n) is 3.26. The van der Waals surface area contributed by atoms with Gasteiger partial charge in [-0.25, -0.2) is 0 Å². The van der Waals surface area contributed by atoms with Gasteiger partial charge in [0.1, 0.15) is 0 Å². The van der Waals surface area contributed by atoms with Gasteiger partial charge in [0.05, 0.1) is 0 Å². The van der Waals surface area contributed by atoms with Crippen LogP contribution in [0.15, 0.2) is 12.2 Å². The minimum absolute atomic E-state index is 0.904. The highest BCUT2D eigenvalue weighted by Crippen LogP contribution is 2.16. The highest BCUT2D eigenvalue weighted by Gasteiger charge is 2.08. The van der Waals surface area contributed by atoms with Crippen LogP contribution in [0.4, 0.5) is 0 Å². The lowest BCUT2D eigenvalue weighted by Gasteiger charge is -2.18. The van der Waals surface area contributed by atoms with E-state index in [1.807, 2.05) is 11.8 Å². The standard InChI is InChI=1S/C14H27NS/c1-16-12-8-3-2-7-11-15-13-14-9-5-4-6-10-14/h4-5,14-15H,2-3,6-13H2,1H3. The molecule has 1 aliphatic rings. The molecule has 1 unspecified atom stereocenters. The second-order valence-corrected chi connectivity index (χ2v) is 5.75. The SMILES string of the molecule is CSCCCCCCNCC1CC=CCC1. The van der Waals surface area contributed by atoms with Crippen LogP contribution >= 0.6 is 11.8 Å². The summed E-state index contributed by atoms with van der Waals surface area (Å²) >= 11 is 1.97. The lowest BCUT2D eigenvalue weighted by atomic mass is 9.94. The topological polar surface area (TPSA) is 12.0 Å². The zero-order chi connectivity index (χ0) is 11.5. The van der Waals surface area contributed by atoms with Gasteiger partial charge in [-0.05, 0) is 63.1 Å². The van der Waals surface area contributed by atoms with Gasteiger partial charge in [-0.3, -0.25) is 0 Å². The zero-order valence-corrected chi connectivity index (χ0v) is 11.5. The maximum Gasteiger partial charge on any atom is -0.00174 e. The van der Waals surface area contributed by atoms with Crippen molar-refractivity contribution in [3.8, 4) is 0 Å². The Morgan fingerprint density at radius 2 is 2.06 bits per heavy atom. The van der Waals surface area contributed by atoms with Crippen LogP contribution in [0.1, 0.15) is 44.9 Å². The molecule has 0 spiro atoms. The molecule has 2 heteroatoms. The largest absolute Gasteiger partial charge is 0.316 e. The van der Waals surface area contributed by atoms with Crippen molar-refractivity contribution < 1.29 is 0 Å². The van der Waals surface area contributed by atoms with Crippen molar-refractivity contribution in [1.82, 2.24) is 5.32 Å². The van der Waals surface area contributed by atoms with Crippen molar-refractivity contribution in [3.05, 3.63) is 12.2 Å². The molecule has 16 heavy (non-hydrogen) atoms. The molecule has 0 aliphatic heterocycles. The Kier molecular flexibility index (Phi) is 9.01. The van der Waals surface area contributed by atoms with Gasteiger partial charge in [-0.2, -0.15) is 11.8 Å². The van der Waals surface area contributed by atoms with E-state index in [1.165, 1.54) is 63.8 Å². The van der Waals surface area contributed by atoms with E-state index in [1.54, 1.807) is 0 Å². The average Bonchev–Trinajstić information content (AvgIpc) is 2.34. The number of unbranched alkanes of at least 4 members (excludes halogenated alkanes) is 3. The Labute approximate surface area is 105 Å². The third kappa shape index (κ3) is 7.34. The first-order valence-corrected chi connectivity index (χ1v) is 8.17. The molecule has 0 heterocycles. The van der Waals surface area contributed by atoms with E-state index in [0.29, 0.717) is 0 Å². The van der Waals surface area contributed by atoms with E-state index in [-0.39, 0.29) is 0 Å². The molecule has 0 amide bonds. The van der Waals surface area contributed by atoms with E-state index >= 15 is 0 Å². The van der Waals surface area contributed by atoms with Gasteiger partial charge in [0.15, 0.2) is 0 Å². The van der Waals surface area contributed by atoms with E-state index in [2.05, 4.69) is 23.7 Å². The fourth-order valence-electron chi connectivity index (χ4n) is 2.20. The van der Waals surface area contributed by atoms with Crippen molar-refractivity contribution >= 4 is 11.8 Å². The van der Waals surface area contributed by atoms with Crippen molar-refractivity contribution in [2.24, 2.45) is 5.92 Å². The summed E-state index contributed by atoms with van der Waals surface area (Å²) in [5, 5.41) is 3.61. The van der Waals surface area contributed by atoms with Gasteiger partial charge in [-0.15, -0.1) is 0 Å². The van der Waals surface area contributed by atoms with Crippen LogP contribution in [0.3, 0.4) is 0 Å². The minimum atomic E-state index is 0.904. The van der Waals surface area contributed by atoms with Crippen molar-refractivity contribution in [2.45, 2.75) is 44.9 Å². The molecule has 0 bridgehead atoms. The fourth-order valence-corrected chi connectivity index (χ4v) is 2.69. The van der Waals surface area contributed by atoms with Gasteiger partial charge in [0.25, 0.3) is 0 Å². The summed E-state index contributed by atoms with van der Waals surface area (Å²) < 4.78 is 0. The minimum Gasteiger partial charge on any atom is -0.316 e. The fraction of sp³-hybridized carbons (Fsp3) is 0.857. The molecule has 0 saturated heterocycles. The molecule has 0 radical (unpaired) electrons.